The van der Waals surface area contributed by atoms with Crippen LogP contribution >= 0.6 is 11.8 Å². The number of nitrogens with zero attached hydrogens (tertiary/aromatic N) is 6. The summed E-state index contributed by atoms with van der Waals surface area (Å²) in [6.45, 7) is 7.96. The molecule has 0 atom stereocenters. The number of nitriles is 1. The molecule has 33 heavy (non-hydrogen) atoms. The Balaban J connectivity index is 1.56. The monoisotopic (exact) mass is 463 g/mol. The van der Waals surface area contributed by atoms with Gasteiger partial charge in [0.1, 0.15) is 17.7 Å². The molecule has 0 fully saturated rings. The Morgan fingerprint density at radius 3 is 2.61 bits per heavy atom. The van der Waals surface area contributed by atoms with Crippen molar-refractivity contribution in [1.29, 1.82) is 5.26 Å². The topological polar surface area (TPSA) is 101 Å². The minimum Gasteiger partial charge on any atom is -0.326 e. The maximum Gasteiger partial charge on any atom is 0.256 e. The summed E-state index contributed by atoms with van der Waals surface area (Å²) in [7, 11) is 0. The third-order valence-electron chi connectivity index (χ3n) is 5.45. The fraction of sp³-hybridized carbons (Fsp3) is 0.261. The number of anilines is 1. The maximum absolute atomic E-state index is 13.3. The summed E-state index contributed by atoms with van der Waals surface area (Å²) in [5.41, 5.74) is 4.70. The van der Waals surface area contributed by atoms with E-state index in [1.165, 1.54) is 23.9 Å². The molecule has 1 aromatic carbocycles. The average molecular weight is 464 g/mol. The van der Waals surface area contributed by atoms with E-state index in [4.69, 9.17) is 0 Å². The lowest BCUT2D eigenvalue weighted by atomic mass is 10.2. The van der Waals surface area contributed by atoms with Crippen LogP contribution in [0, 0.1) is 44.8 Å². The molecule has 0 bridgehead atoms. The van der Waals surface area contributed by atoms with E-state index in [0.29, 0.717) is 28.9 Å². The molecule has 0 saturated heterocycles. The van der Waals surface area contributed by atoms with Crippen molar-refractivity contribution in [1.82, 2.24) is 24.1 Å². The Kier molecular flexibility index (Phi) is 6.16. The number of carbonyl (C=O) groups excluding carboxylic acids is 1. The van der Waals surface area contributed by atoms with E-state index in [-0.39, 0.29) is 17.5 Å². The fourth-order valence-corrected chi connectivity index (χ4v) is 4.48. The molecule has 0 saturated carbocycles. The van der Waals surface area contributed by atoms with E-state index in [0.717, 1.165) is 28.2 Å². The van der Waals surface area contributed by atoms with E-state index < -0.39 is 0 Å². The molecule has 0 aliphatic carbocycles. The lowest BCUT2D eigenvalue weighted by Crippen LogP contribution is -2.19. The minimum absolute atomic E-state index is 0.0821. The summed E-state index contributed by atoms with van der Waals surface area (Å²) in [5, 5.41) is 21.4. The highest BCUT2D eigenvalue weighted by Gasteiger charge is 2.20. The van der Waals surface area contributed by atoms with Gasteiger partial charge < -0.3 is 9.88 Å². The van der Waals surface area contributed by atoms with Gasteiger partial charge in [-0.15, -0.1) is 10.2 Å². The van der Waals surface area contributed by atoms with Crippen molar-refractivity contribution >= 4 is 29.3 Å². The zero-order chi connectivity index (χ0) is 23.7. The molecule has 0 aliphatic heterocycles. The Morgan fingerprint density at radius 2 is 1.91 bits per heavy atom. The maximum atomic E-state index is 13.3. The Hall–Kier alpha value is -3.71. The highest BCUT2D eigenvalue weighted by molar-refractivity contribution is 7.99. The van der Waals surface area contributed by atoms with Gasteiger partial charge in [-0.1, -0.05) is 23.9 Å². The highest BCUT2D eigenvalue weighted by atomic mass is 32.2. The Labute approximate surface area is 194 Å². The first-order valence-corrected chi connectivity index (χ1v) is 11.2. The molecule has 0 spiro atoms. The van der Waals surface area contributed by atoms with Crippen LogP contribution in [0.5, 0.6) is 0 Å². The first-order valence-electron chi connectivity index (χ1n) is 10.2. The molecule has 1 N–H and O–H groups in total. The minimum atomic E-state index is -0.316. The van der Waals surface area contributed by atoms with Crippen LogP contribution in [-0.2, 0) is 11.3 Å². The number of halogens is 1. The van der Waals surface area contributed by atoms with Crippen LogP contribution in [0.1, 0.15) is 33.8 Å². The van der Waals surface area contributed by atoms with Gasteiger partial charge in [-0.2, -0.15) is 5.26 Å². The summed E-state index contributed by atoms with van der Waals surface area (Å²) in [6, 6.07) is 10.3. The largest absolute Gasteiger partial charge is 0.326 e. The van der Waals surface area contributed by atoms with Crippen molar-refractivity contribution < 1.29 is 9.18 Å². The van der Waals surface area contributed by atoms with Crippen LogP contribution in [0.25, 0.3) is 5.78 Å². The number of aromatic nitrogens is 5. The third-order valence-corrected chi connectivity index (χ3v) is 6.38. The van der Waals surface area contributed by atoms with Crippen LogP contribution in [0.2, 0.25) is 0 Å². The molecule has 8 nitrogen and oxygen atoms in total. The average Bonchev–Trinajstić information content (AvgIpc) is 3.28. The van der Waals surface area contributed by atoms with Crippen LogP contribution < -0.4 is 5.32 Å². The third kappa shape index (κ3) is 4.45. The van der Waals surface area contributed by atoms with E-state index in [9.17, 15) is 14.4 Å². The predicted octanol–water partition coefficient (Wildman–Crippen LogP) is 3.95. The number of thioether (sulfide) groups is 1. The van der Waals surface area contributed by atoms with Crippen LogP contribution in [0.4, 0.5) is 10.2 Å². The Morgan fingerprint density at radius 1 is 1.18 bits per heavy atom. The first kappa shape index (κ1) is 22.5. The van der Waals surface area contributed by atoms with Gasteiger partial charge in [0.25, 0.3) is 5.78 Å². The SMILES string of the molecule is Cc1cc(C)n2c(SCC(=O)Nc3c(C#N)c(C)c(C)n3Cc3ccc(F)cc3)nnc2n1. The predicted molar refractivity (Wildman–Crippen MR) is 124 cm³/mol. The van der Waals surface area contributed by atoms with Crippen molar-refractivity contribution in [3.8, 4) is 6.07 Å². The van der Waals surface area contributed by atoms with Crippen molar-refractivity contribution in [3.63, 3.8) is 0 Å². The van der Waals surface area contributed by atoms with E-state index in [1.54, 1.807) is 16.5 Å². The molecule has 0 aliphatic rings. The highest BCUT2D eigenvalue weighted by Crippen LogP contribution is 2.28. The van der Waals surface area contributed by atoms with Gasteiger partial charge >= 0.3 is 0 Å². The summed E-state index contributed by atoms with van der Waals surface area (Å²) in [5.74, 6) is 0.412. The summed E-state index contributed by atoms with van der Waals surface area (Å²) < 4.78 is 17.0. The summed E-state index contributed by atoms with van der Waals surface area (Å²) >= 11 is 1.24. The molecular weight excluding hydrogens is 441 g/mol. The van der Waals surface area contributed by atoms with Crippen molar-refractivity contribution in [2.24, 2.45) is 0 Å². The molecule has 3 aromatic heterocycles. The van der Waals surface area contributed by atoms with E-state index in [1.807, 2.05) is 38.3 Å². The number of fused-ring (bicyclic) bond motifs is 1. The summed E-state index contributed by atoms with van der Waals surface area (Å²) in [6.07, 6.45) is 0. The van der Waals surface area contributed by atoms with Gasteiger partial charge in [0.05, 0.1) is 11.3 Å². The van der Waals surface area contributed by atoms with Crippen molar-refractivity contribution in [3.05, 3.63) is 69.9 Å². The number of carbonyl (C=O) groups is 1. The second kappa shape index (κ2) is 9.03. The van der Waals surface area contributed by atoms with Gasteiger partial charge in [0, 0.05) is 23.6 Å². The molecule has 168 valence electrons. The number of aryl methyl sites for hydroxylation is 2. The molecule has 1 amide bonds. The number of nitrogens with one attached hydrogen (secondary N) is 1. The number of hydrogen-bond acceptors (Lipinski definition) is 6. The van der Waals surface area contributed by atoms with Crippen LogP contribution in [0.15, 0.2) is 35.5 Å². The van der Waals surface area contributed by atoms with E-state index in [2.05, 4.69) is 26.6 Å². The van der Waals surface area contributed by atoms with Crippen LogP contribution in [-0.4, -0.2) is 35.8 Å². The number of benzene rings is 1. The molecule has 0 unspecified atom stereocenters. The van der Waals surface area contributed by atoms with Crippen LogP contribution in [0.3, 0.4) is 0 Å². The van der Waals surface area contributed by atoms with Crippen molar-refractivity contribution in [2.45, 2.75) is 39.4 Å². The quantitative estimate of drug-likeness (QED) is 0.435. The van der Waals surface area contributed by atoms with Gasteiger partial charge in [0.2, 0.25) is 5.91 Å². The fourth-order valence-electron chi connectivity index (χ4n) is 3.69. The van der Waals surface area contributed by atoms with Gasteiger partial charge in [-0.25, -0.2) is 9.37 Å². The van der Waals surface area contributed by atoms with Crippen molar-refractivity contribution in [2.75, 3.05) is 11.1 Å². The molecular formula is C23H22FN7OS. The lowest BCUT2D eigenvalue weighted by Gasteiger charge is -2.13. The molecule has 4 aromatic rings. The zero-order valence-electron chi connectivity index (χ0n) is 18.7. The standard InChI is InChI=1S/C23H22FN7OS/c1-13-9-14(2)31-22(26-13)28-29-23(31)33-12-20(32)27-21-19(10-25)15(3)16(4)30(21)11-17-5-7-18(24)8-6-17/h5-9H,11-12H2,1-4H3,(H,27,32). The zero-order valence-corrected chi connectivity index (χ0v) is 19.5. The van der Waals surface area contributed by atoms with Gasteiger partial charge in [0.15, 0.2) is 5.16 Å². The molecule has 3 heterocycles. The summed E-state index contributed by atoms with van der Waals surface area (Å²) in [4.78, 5) is 17.2. The van der Waals surface area contributed by atoms with Gasteiger partial charge in [-0.05, 0) is 57.0 Å². The normalized spacial score (nSPS) is 11.0. The smallest absolute Gasteiger partial charge is 0.256 e. The second-order valence-corrected chi connectivity index (χ2v) is 8.69. The number of amides is 1. The molecule has 10 heteroatoms. The lowest BCUT2D eigenvalue weighted by molar-refractivity contribution is -0.113. The first-order chi connectivity index (χ1) is 15.8. The second-order valence-electron chi connectivity index (χ2n) is 7.75. The van der Waals surface area contributed by atoms with E-state index >= 15 is 0 Å². The molecule has 4 rings (SSSR count). The number of rotatable bonds is 6. The van der Waals surface area contributed by atoms with Gasteiger partial charge in [-0.3, -0.25) is 9.20 Å². The molecule has 0 radical (unpaired) electrons. The Bertz CT molecular complexity index is 1400. The number of hydrogen-bond donors (Lipinski definition) is 1.